The fraction of sp³-hybridized carbons (Fsp3) is 0.346. The predicted octanol–water partition coefficient (Wildman–Crippen LogP) is -0.0542. The quantitative estimate of drug-likeness (QED) is 0.102. The maximum atomic E-state index is 13.5. The Morgan fingerprint density at radius 3 is 1.64 bits per heavy atom. The van der Waals surface area contributed by atoms with Crippen molar-refractivity contribution in [3.8, 4) is 11.5 Å². The molecule has 2 aromatic carbocycles. The summed E-state index contributed by atoms with van der Waals surface area (Å²) in [5, 5.41) is 2.72. The van der Waals surface area contributed by atoms with E-state index < -0.39 is 35.7 Å². The van der Waals surface area contributed by atoms with Gasteiger partial charge in [0.25, 0.3) is 0 Å². The molecule has 1 atom stereocenters. The number of nitrogens with one attached hydrogen (secondary N) is 1. The number of nitrogens with zero attached hydrogens (tertiary/aromatic N) is 1. The molecule has 0 bridgehead atoms. The highest BCUT2D eigenvalue weighted by molar-refractivity contribution is 5.92. The van der Waals surface area contributed by atoms with Crippen LogP contribution in [0, 0.1) is 0 Å². The van der Waals surface area contributed by atoms with E-state index in [1.54, 1.807) is 48.5 Å². The molecular weight excluding hydrogens is 510 g/mol. The third-order valence-corrected chi connectivity index (χ3v) is 5.46. The molecule has 0 aliphatic heterocycles. The molecule has 2 amide bonds. The molecule has 7 N–H and O–H groups in total. The second kappa shape index (κ2) is 15.4. The van der Waals surface area contributed by atoms with E-state index >= 15 is 0 Å². The lowest BCUT2D eigenvalue weighted by Gasteiger charge is -2.22. The topological polar surface area (TPSA) is 208 Å². The van der Waals surface area contributed by atoms with Gasteiger partial charge in [0.05, 0.1) is 20.1 Å². The molecule has 0 fully saturated rings. The first-order chi connectivity index (χ1) is 18.6. The Morgan fingerprint density at radius 2 is 1.26 bits per heavy atom. The van der Waals surface area contributed by atoms with Crippen molar-refractivity contribution in [3.63, 3.8) is 0 Å². The van der Waals surface area contributed by atoms with Crippen LogP contribution in [-0.2, 0) is 28.7 Å². The van der Waals surface area contributed by atoms with E-state index in [4.69, 9.17) is 26.7 Å². The van der Waals surface area contributed by atoms with E-state index in [1.165, 1.54) is 14.2 Å². The van der Waals surface area contributed by atoms with E-state index in [-0.39, 0.29) is 32.1 Å². The Labute approximate surface area is 225 Å². The Balaban J connectivity index is 2.28. The van der Waals surface area contributed by atoms with Gasteiger partial charge in [0, 0.05) is 6.54 Å². The largest absolute Gasteiger partial charge is 0.482 e. The van der Waals surface area contributed by atoms with Gasteiger partial charge in [-0.2, -0.15) is 0 Å². The van der Waals surface area contributed by atoms with Gasteiger partial charge >= 0.3 is 11.9 Å². The normalized spacial score (nSPS) is 11.2. The molecular formula is C26H33N5O8. The van der Waals surface area contributed by atoms with Gasteiger partial charge in [0.2, 0.25) is 11.8 Å². The number of guanidine groups is 1. The number of benzene rings is 2. The number of hydrogen-bond acceptors (Lipinski definition) is 9. The molecule has 0 aliphatic carbocycles. The van der Waals surface area contributed by atoms with Gasteiger partial charge < -0.3 is 41.5 Å². The van der Waals surface area contributed by atoms with Crippen LogP contribution in [0.5, 0.6) is 11.5 Å². The second-order valence-electron chi connectivity index (χ2n) is 8.21. The van der Waals surface area contributed by atoms with Crippen LogP contribution in [0.4, 0.5) is 0 Å². The van der Waals surface area contributed by atoms with Crippen molar-refractivity contribution in [2.75, 3.05) is 34.0 Å². The van der Waals surface area contributed by atoms with E-state index in [0.29, 0.717) is 29.0 Å². The Bertz CT molecular complexity index is 1080. The summed E-state index contributed by atoms with van der Waals surface area (Å²) in [6, 6.07) is 12.1. The SMILES string of the molecule is COC(=O)COc1ccc(C(C(=O)N[C@@H](CCCN=C(N)N)C(N)=O)c2ccc(OCC(=O)OC)cc2)cc1. The van der Waals surface area contributed by atoms with Crippen molar-refractivity contribution in [3.05, 3.63) is 59.7 Å². The fourth-order valence-electron chi connectivity index (χ4n) is 3.45. The molecule has 0 aromatic heterocycles. The number of hydrogen-bond donors (Lipinski definition) is 4. The number of carbonyl (C=O) groups is 4. The summed E-state index contributed by atoms with van der Waals surface area (Å²) in [5.41, 5.74) is 17.3. The molecule has 0 spiro atoms. The van der Waals surface area contributed by atoms with Gasteiger partial charge in [-0.25, -0.2) is 9.59 Å². The minimum atomic E-state index is -0.959. The zero-order chi connectivity index (χ0) is 28.8. The number of carbonyl (C=O) groups excluding carboxylic acids is 4. The van der Waals surface area contributed by atoms with Crippen molar-refractivity contribution in [2.45, 2.75) is 24.8 Å². The Morgan fingerprint density at radius 1 is 0.795 bits per heavy atom. The zero-order valence-corrected chi connectivity index (χ0v) is 21.8. The summed E-state index contributed by atoms with van der Waals surface area (Å²) >= 11 is 0. The first kappa shape index (κ1) is 30.4. The van der Waals surface area contributed by atoms with E-state index in [0.717, 1.165) is 0 Å². The second-order valence-corrected chi connectivity index (χ2v) is 8.21. The molecule has 0 radical (unpaired) electrons. The molecule has 2 rings (SSSR count). The van der Waals surface area contributed by atoms with Crippen molar-refractivity contribution >= 4 is 29.7 Å². The van der Waals surface area contributed by atoms with E-state index in [2.05, 4.69) is 19.8 Å². The summed E-state index contributed by atoms with van der Waals surface area (Å²) in [6.07, 6.45) is 0.639. The van der Waals surface area contributed by atoms with Gasteiger partial charge in [0.15, 0.2) is 19.2 Å². The molecule has 2 aromatic rings. The first-order valence-corrected chi connectivity index (χ1v) is 11.9. The summed E-state index contributed by atoms with van der Waals surface area (Å²) in [5.74, 6) is -2.40. The number of aliphatic imine (C=N–C) groups is 1. The number of ether oxygens (including phenoxy) is 4. The van der Waals surface area contributed by atoms with Crippen molar-refractivity contribution in [1.82, 2.24) is 5.32 Å². The number of nitrogens with two attached hydrogens (primary N) is 3. The van der Waals surface area contributed by atoms with Gasteiger partial charge in [-0.3, -0.25) is 14.6 Å². The number of esters is 2. The van der Waals surface area contributed by atoms with Crippen LogP contribution in [0.25, 0.3) is 0 Å². The van der Waals surface area contributed by atoms with Crippen molar-refractivity contribution < 1.29 is 38.1 Å². The molecule has 0 saturated heterocycles. The molecule has 13 heteroatoms. The van der Waals surface area contributed by atoms with Gasteiger partial charge in [-0.05, 0) is 48.2 Å². The van der Waals surface area contributed by atoms with Crippen LogP contribution >= 0.6 is 0 Å². The van der Waals surface area contributed by atoms with E-state index in [9.17, 15) is 19.2 Å². The molecule has 0 unspecified atom stereocenters. The third-order valence-electron chi connectivity index (χ3n) is 5.46. The van der Waals surface area contributed by atoms with Gasteiger partial charge in [-0.1, -0.05) is 24.3 Å². The highest BCUT2D eigenvalue weighted by atomic mass is 16.6. The average molecular weight is 544 g/mol. The Hall–Kier alpha value is -4.81. The van der Waals surface area contributed by atoms with Crippen LogP contribution in [0.3, 0.4) is 0 Å². The molecule has 39 heavy (non-hydrogen) atoms. The smallest absolute Gasteiger partial charge is 0.343 e. The highest BCUT2D eigenvalue weighted by Gasteiger charge is 2.27. The summed E-state index contributed by atoms with van der Waals surface area (Å²) in [7, 11) is 2.51. The number of rotatable bonds is 15. The molecule has 0 saturated carbocycles. The Kier molecular flexibility index (Phi) is 12.0. The minimum Gasteiger partial charge on any atom is -0.482 e. The van der Waals surface area contributed by atoms with Crippen LogP contribution in [0.15, 0.2) is 53.5 Å². The van der Waals surface area contributed by atoms with Gasteiger partial charge in [-0.15, -0.1) is 0 Å². The number of methoxy groups -OCH3 is 2. The minimum absolute atomic E-state index is 0.0762. The van der Waals surface area contributed by atoms with Crippen molar-refractivity contribution in [2.24, 2.45) is 22.2 Å². The lowest BCUT2D eigenvalue weighted by molar-refractivity contribution is -0.143. The number of primary amides is 1. The van der Waals surface area contributed by atoms with Crippen LogP contribution < -0.4 is 32.0 Å². The standard InChI is InChI=1S/C26H33N5O8/c1-36-21(32)14-38-18-9-5-16(6-10-18)23(17-7-11-19(12-8-17)39-15-22(33)37-2)25(35)31-20(24(27)34)4-3-13-30-26(28)29/h5-12,20,23H,3-4,13-15H2,1-2H3,(H2,27,34)(H,31,35)(H4,28,29,30)/t20-/m0/s1. The fourth-order valence-corrected chi connectivity index (χ4v) is 3.45. The summed E-state index contributed by atoms with van der Waals surface area (Å²) in [4.78, 5) is 52.2. The first-order valence-electron chi connectivity index (χ1n) is 11.9. The lowest BCUT2D eigenvalue weighted by Crippen LogP contribution is -2.46. The van der Waals surface area contributed by atoms with Gasteiger partial charge in [0.1, 0.15) is 17.5 Å². The predicted molar refractivity (Wildman–Crippen MR) is 141 cm³/mol. The third kappa shape index (κ3) is 10.2. The van der Waals surface area contributed by atoms with Crippen LogP contribution in [0.1, 0.15) is 29.9 Å². The summed E-state index contributed by atoms with van der Waals surface area (Å²) < 4.78 is 19.9. The molecule has 0 aliphatic rings. The molecule has 0 heterocycles. The van der Waals surface area contributed by atoms with Crippen LogP contribution in [-0.4, -0.2) is 69.7 Å². The number of amides is 2. The monoisotopic (exact) mass is 543 g/mol. The van der Waals surface area contributed by atoms with Crippen LogP contribution in [0.2, 0.25) is 0 Å². The lowest BCUT2D eigenvalue weighted by atomic mass is 9.90. The van der Waals surface area contributed by atoms with Crippen molar-refractivity contribution in [1.29, 1.82) is 0 Å². The zero-order valence-electron chi connectivity index (χ0n) is 21.8. The average Bonchev–Trinajstić information content (AvgIpc) is 2.93. The van der Waals surface area contributed by atoms with E-state index in [1.807, 2.05) is 0 Å². The summed E-state index contributed by atoms with van der Waals surface area (Å²) in [6.45, 7) is -0.272. The maximum absolute atomic E-state index is 13.5. The molecule has 210 valence electrons. The maximum Gasteiger partial charge on any atom is 0.343 e. The molecule has 13 nitrogen and oxygen atoms in total. The highest BCUT2D eigenvalue weighted by Crippen LogP contribution is 2.29.